The van der Waals surface area contributed by atoms with Crippen LogP contribution in [0.3, 0.4) is 0 Å². The van der Waals surface area contributed by atoms with Crippen molar-refractivity contribution in [2.75, 3.05) is 138 Å². The van der Waals surface area contributed by atoms with E-state index in [1.807, 2.05) is 27.7 Å². The molecule has 0 bridgehead atoms. The first-order valence-electron chi connectivity index (χ1n) is 43.2. The summed E-state index contributed by atoms with van der Waals surface area (Å²) in [7, 11) is 0. The third-order valence-electron chi connectivity index (χ3n) is 18.8. The molecule has 0 rings (SSSR count). The Balaban J connectivity index is -0.00000103. The van der Waals surface area contributed by atoms with E-state index < -0.39 is 41.9 Å². The van der Waals surface area contributed by atoms with Crippen LogP contribution >= 0.6 is 0 Å². The van der Waals surface area contributed by atoms with Crippen molar-refractivity contribution in [1.82, 2.24) is 31.9 Å². The number of hydrogen-bond donors (Lipinski definition) is 11. The molecule has 0 saturated carbocycles. The van der Waals surface area contributed by atoms with E-state index in [-0.39, 0.29) is 241 Å². The number of Topliss-reactive ketones (excluding diaryl/α,β-unsaturated/α-hetero) is 5. The molecule has 0 radical (unpaired) electrons. The summed E-state index contributed by atoms with van der Waals surface area (Å²) in [5.74, 6) is -6.16. The van der Waals surface area contributed by atoms with Gasteiger partial charge in [0.2, 0.25) is 35.4 Å². The zero-order valence-corrected chi connectivity index (χ0v) is 73.1. The summed E-state index contributed by atoms with van der Waals surface area (Å²) >= 11 is 0. The predicted molar refractivity (Wildman–Crippen MR) is 448 cm³/mol. The monoisotopic (exact) mass is 1710 g/mol. The number of nitrogens with two attached hydrogens (primary N) is 1. The number of ether oxygens (including phenoxy) is 8. The first kappa shape index (κ1) is 116. The molecule has 0 aromatic rings. The highest BCUT2D eigenvalue weighted by molar-refractivity contribution is 5.86. The summed E-state index contributed by atoms with van der Waals surface area (Å²) in [6, 6.07) is -1.60. The van der Waals surface area contributed by atoms with Gasteiger partial charge in [-0.2, -0.15) is 0 Å². The highest BCUT2D eigenvalue weighted by atomic mass is 16.5. The van der Waals surface area contributed by atoms with Crippen molar-refractivity contribution in [3.05, 3.63) is 0 Å². The van der Waals surface area contributed by atoms with Crippen LogP contribution in [-0.4, -0.2) is 259 Å². The second-order valence-electron chi connectivity index (χ2n) is 30.8. The molecule has 0 saturated heterocycles. The number of carboxylic acids is 4. The second-order valence-corrected chi connectivity index (χ2v) is 30.8. The molecule has 692 valence electrons. The van der Waals surface area contributed by atoms with Crippen LogP contribution in [0.1, 0.15) is 287 Å². The Morgan fingerprint density at radius 3 is 1.03 bits per heavy atom. The number of ketones is 5. The largest absolute Gasteiger partial charge is 1.00 e. The molecule has 0 unspecified atom stereocenters. The van der Waals surface area contributed by atoms with E-state index in [1.54, 1.807) is 13.8 Å². The number of nitrogens with one attached hydrogen (secondary N) is 6. The first-order chi connectivity index (χ1) is 56.8. The first-order valence-corrected chi connectivity index (χ1v) is 43.2. The van der Waals surface area contributed by atoms with Gasteiger partial charge in [-0.3, -0.25) is 67.1 Å². The lowest BCUT2D eigenvalue weighted by Crippen LogP contribution is -2.41. The third kappa shape index (κ3) is 86.9. The molecule has 0 aliphatic rings. The Kier molecular flexibility index (Phi) is 79.5. The molecule has 0 spiro atoms. The van der Waals surface area contributed by atoms with Crippen LogP contribution < -0.4 is 37.6 Å². The van der Waals surface area contributed by atoms with E-state index in [9.17, 15) is 82.1 Å². The lowest BCUT2D eigenvalue weighted by Gasteiger charge is -2.14. The third-order valence-corrected chi connectivity index (χ3v) is 18.8. The summed E-state index contributed by atoms with van der Waals surface area (Å²) in [6.45, 7) is 16.6. The summed E-state index contributed by atoms with van der Waals surface area (Å²) < 4.78 is 42.7. The number of carboxylic acid groups (broad SMARTS) is 4. The van der Waals surface area contributed by atoms with Gasteiger partial charge in [-0.25, -0.2) is 4.79 Å². The molecular weight excluding hydrogens is 1550 g/mol. The Morgan fingerprint density at radius 1 is 0.319 bits per heavy atom. The van der Waals surface area contributed by atoms with Crippen LogP contribution in [0.5, 0.6) is 0 Å². The van der Waals surface area contributed by atoms with E-state index >= 15 is 0 Å². The van der Waals surface area contributed by atoms with Gasteiger partial charge in [-0.05, 0) is 97.8 Å². The molecule has 119 heavy (non-hydrogen) atoms. The number of amides is 6. The van der Waals surface area contributed by atoms with Crippen LogP contribution in [-0.2, 0) is 110 Å². The van der Waals surface area contributed by atoms with Crippen LogP contribution in [0.15, 0.2) is 0 Å². The molecule has 0 aliphatic heterocycles. The SMILES string of the molecule is CC(=O)C(C)(C)C.CC(=O)[C@@H](C)CCCCNC(=O)COCCOCCCC(=O)COCCOCCNC(=O)CC[C@H](CC(=O)CCCCCCCCCCCCC(=O)O)C(=O)O.CC(=O)[C@@H](N)CCCCNC(=O)COCCOCCNC(=O)COCCOCCNC(=O)CC[C@H](NC(=O)CCCCCCCCCCCCC(=O)O)C(=O)O.[H-]. The van der Waals surface area contributed by atoms with Crippen molar-refractivity contribution in [3.8, 4) is 0 Å². The zero-order valence-electron chi connectivity index (χ0n) is 74.1. The maximum Gasteiger partial charge on any atom is 0.326 e. The quantitative estimate of drug-likeness (QED) is 0.0254. The molecule has 0 heterocycles. The van der Waals surface area contributed by atoms with Crippen molar-refractivity contribution >= 4 is 88.2 Å². The molecule has 0 aliphatic carbocycles. The molecule has 6 amide bonds. The fourth-order valence-electron chi connectivity index (χ4n) is 10.8. The number of hydrogen-bond acceptors (Lipinski definition) is 24. The van der Waals surface area contributed by atoms with Crippen LogP contribution in [0, 0.1) is 17.3 Å². The summed E-state index contributed by atoms with van der Waals surface area (Å²) in [6.07, 6.45) is 25.8. The van der Waals surface area contributed by atoms with E-state index in [0.717, 1.165) is 154 Å². The molecule has 34 nitrogen and oxygen atoms in total. The molecule has 0 aromatic carbocycles. The van der Waals surface area contributed by atoms with Gasteiger partial charge in [0, 0.05) is 102 Å². The van der Waals surface area contributed by atoms with Gasteiger partial charge in [-0.1, -0.05) is 137 Å². The average molecular weight is 1710 g/mol. The van der Waals surface area contributed by atoms with Crippen LogP contribution in [0.2, 0.25) is 0 Å². The number of carbonyl (C=O) groups excluding carboxylic acids is 11. The number of carbonyl (C=O) groups is 15. The van der Waals surface area contributed by atoms with Crippen molar-refractivity contribution in [2.45, 2.75) is 298 Å². The highest BCUT2D eigenvalue weighted by Crippen LogP contribution is 2.18. The second kappa shape index (κ2) is 81.7. The number of aliphatic carboxylic acids is 4. The van der Waals surface area contributed by atoms with Crippen molar-refractivity contribution in [1.29, 1.82) is 0 Å². The molecule has 12 N–H and O–H groups in total. The average Bonchev–Trinajstić information content (AvgIpc) is 0.932. The fraction of sp³-hybridized carbons (Fsp3) is 0.824. The van der Waals surface area contributed by atoms with Gasteiger partial charge < -0.3 is 97.4 Å². The molecular formula is C85H154N7O27-. The number of rotatable bonds is 82. The maximum absolute atomic E-state index is 12.4. The Hall–Kier alpha value is -7.31. The summed E-state index contributed by atoms with van der Waals surface area (Å²) in [5.41, 5.74) is 5.53. The van der Waals surface area contributed by atoms with E-state index in [2.05, 4.69) is 31.9 Å². The minimum atomic E-state index is -1.20. The molecule has 4 atom stereocenters. The number of unbranched alkanes of at least 4 members (excludes halogenated alkanes) is 20. The van der Waals surface area contributed by atoms with Gasteiger partial charge in [0.1, 0.15) is 55.6 Å². The van der Waals surface area contributed by atoms with Crippen LogP contribution in [0.25, 0.3) is 0 Å². The topological polar surface area (TPSA) is 509 Å². The summed E-state index contributed by atoms with van der Waals surface area (Å²) in [4.78, 5) is 173. The Morgan fingerprint density at radius 2 is 0.655 bits per heavy atom. The standard InChI is InChI=1S/C41H72N2O13.C38H69N5O13.C6H12O.H/c1-33(34(2)44)16-13-14-22-42-39(48)32-56-29-26-53-24-15-18-37(46)31-55-28-27-54-25-23-43-38(47)21-20-35(41(51)52)30-36(45)17-11-9-7-5-3-4-6-8-10-12-19-40(49)50;1-30(44)31(39)14-12-13-19-40-35(47)28-55-26-25-54-23-21-42-36(48)29-56-27-24-53-22-20-41-33(45)18-17-32(38(51)52)43-34(46)15-10-8-6-4-2-3-5-7-9-11-16-37(49)50;1-5(7)6(2,3)4;/h33,35H,3-32H2,1-2H3,(H,42,48)(H,43,47)(H,49,50)(H,51,52);31-32H,2-29,39H2,1H3,(H,40,47)(H,41,45)(H,42,48)(H,43,46)(H,49,50)(H,51,52);1-4H3;/q;;;-1/t33-,35+;31-,32-;;/m00../s1. The lowest BCUT2D eigenvalue weighted by molar-refractivity contribution is -0.144. The van der Waals surface area contributed by atoms with E-state index in [0.29, 0.717) is 58.4 Å². The smallest absolute Gasteiger partial charge is 0.326 e. The van der Waals surface area contributed by atoms with Gasteiger partial charge in [-0.15, -0.1) is 0 Å². The molecule has 0 fully saturated rings. The minimum absolute atomic E-state index is 0. The maximum atomic E-state index is 12.4. The lowest BCUT2D eigenvalue weighted by atomic mass is 9.92. The predicted octanol–water partition coefficient (Wildman–Crippen LogP) is 8.57. The zero-order chi connectivity index (χ0) is 89.4. The highest BCUT2D eigenvalue weighted by Gasteiger charge is 2.24. The van der Waals surface area contributed by atoms with Gasteiger partial charge >= 0.3 is 23.9 Å². The summed E-state index contributed by atoms with van der Waals surface area (Å²) in [5, 5.41) is 52.3. The van der Waals surface area contributed by atoms with E-state index in [4.69, 9.17) is 53.8 Å². The minimum Gasteiger partial charge on any atom is -1.00 e. The van der Waals surface area contributed by atoms with Gasteiger partial charge in [0.25, 0.3) is 0 Å². The molecule has 0 aromatic heterocycles. The van der Waals surface area contributed by atoms with Crippen molar-refractivity contribution < 1.29 is 132 Å². The molecule has 34 heteroatoms. The van der Waals surface area contributed by atoms with E-state index in [1.165, 1.54) is 6.92 Å². The normalized spacial score (nSPS) is 12.1. The Bertz CT molecular complexity index is 2600. The fourth-order valence-corrected chi connectivity index (χ4v) is 10.8. The van der Waals surface area contributed by atoms with Crippen molar-refractivity contribution in [2.24, 2.45) is 23.0 Å². The van der Waals surface area contributed by atoms with Gasteiger partial charge in [0.15, 0.2) is 5.78 Å². The van der Waals surface area contributed by atoms with Crippen LogP contribution in [0.4, 0.5) is 0 Å². The van der Waals surface area contributed by atoms with Gasteiger partial charge in [0.05, 0.1) is 84.6 Å². The van der Waals surface area contributed by atoms with Crippen molar-refractivity contribution in [3.63, 3.8) is 0 Å². The Labute approximate surface area is 708 Å².